The summed E-state index contributed by atoms with van der Waals surface area (Å²) in [5.74, 6) is 0.106. The summed E-state index contributed by atoms with van der Waals surface area (Å²) in [7, 11) is 2.11. The van der Waals surface area contributed by atoms with Crippen molar-refractivity contribution in [1.29, 1.82) is 0 Å². The van der Waals surface area contributed by atoms with Crippen molar-refractivity contribution in [1.82, 2.24) is 9.80 Å². The molecule has 1 fully saturated rings. The minimum Gasteiger partial charge on any atom is -0.329 e. The second-order valence-corrected chi connectivity index (χ2v) is 6.61. The van der Waals surface area contributed by atoms with Gasteiger partial charge in [-0.25, -0.2) is 0 Å². The maximum absolute atomic E-state index is 12.9. The Morgan fingerprint density at radius 3 is 2.41 bits per heavy atom. The average molecular weight is 359 g/mol. The third-order valence-electron chi connectivity index (χ3n) is 4.12. The summed E-state index contributed by atoms with van der Waals surface area (Å²) in [6.07, 6.45) is 0. The van der Waals surface area contributed by atoms with Crippen molar-refractivity contribution in [2.24, 2.45) is 0 Å². The van der Waals surface area contributed by atoms with E-state index in [9.17, 15) is 4.79 Å². The zero-order valence-corrected chi connectivity index (χ0v) is 14.2. The van der Waals surface area contributed by atoms with Gasteiger partial charge in [-0.3, -0.25) is 4.79 Å². The molecular weight excluding hydrogens is 340 g/mol. The molecule has 0 bridgehead atoms. The van der Waals surface area contributed by atoms with Gasteiger partial charge in [0.1, 0.15) is 0 Å². The number of rotatable bonds is 2. The molecule has 1 saturated heterocycles. The van der Waals surface area contributed by atoms with Crippen LogP contribution in [0.5, 0.6) is 0 Å². The molecule has 2 aromatic carbocycles. The summed E-state index contributed by atoms with van der Waals surface area (Å²) in [5, 5.41) is 0. The molecule has 1 aliphatic rings. The van der Waals surface area contributed by atoms with Gasteiger partial charge in [-0.1, -0.05) is 46.3 Å². The third-order valence-corrected chi connectivity index (χ3v) is 4.65. The van der Waals surface area contributed by atoms with Gasteiger partial charge in [0.25, 0.3) is 5.91 Å². The van der Waals surface area contributed by atoms with Gasteiger partial charge in [-0.2, -0.15) is 0 Å². The smallest absolute Gasteiger partial charge is 0.254 e. The zero-order valence-electron chi connectivity index (χ0n) is 12.6. The zero-order chi connectivity index (χ0) is 15.5. The van der Waals surface area contributed by atoms with Crippen LogP contribution in [0.1, 0.15) is 22.0 Å². The van der Waals surface area contributed by atoms with E-state index in [0.29, 0.717) is 0 Å². The highest BCUT2D eigenvalue weighted by Gasteiger charge is 2.30. The fraction of sp³-hybridized carbons (Fsp3) is 0.278. The predicted molar refractivity (Wildman–Crippen MR) is 91.9 cm³/mol. The molecule has 0 unspecified atom stereocenters. The van der Waals surface area contributed by atoms with Crippen LogP contribution in [0.3, 0.4) is 0 Å². The maximum atomic E-state index is 12.9. The minimum atomic E-state index is 0.106. The summed E-state index contributed by atoms with van der Waals surface area (Å²) in [4.78, 5) is 17.2. The van der Waals surface area contributed by atoms with E-state index >= 15 is 0 Å². The number of hydrogen-bond donors (Lipinski definition) is 0. The molecular formula is C18H19BrN2O. The van der Waals surface area contributed by atoms with E-state index in [-0.39, 0.29) is 11.9 Å². The summed E-state index contributed by atoms with van der Waals surface area (Å²) < 4.78 is 0.988. The fourth-order valence-corrected chi connectivity index (χ4v) is 3.15. The van der Waals surface area contributed by atoms with Gasteiger partial charge in [0, 0.05) is 29.7 Å². The molecule has 3 nitrogen and oxygen atoms in total. The van der Waals surface area contributed by atoms with E-state index in [1.54, 1.807) is 0 Å². The molecule has 1 amide bonds. The standard InChI is InChI=1S/C18H19BrN2O/c1-20-11-12-21(17(13-20)14-5-3-2-4-6-14)18(22)15-7-9-16(19)10-8-15/h2-10,17H,11-13H2,1H3/t17-/m0/s1. The maximum Gasteiger partial charge on any atom is 0.254 e. The van der Waals surface area contributed by atoms with Gasteiger partial charge in [-0.15, -0.1) is 0 Å². The third kappa shape index (κ3) is 3.23. The lowest BCUT2D eigenvalue weighted by atomic mass is 10.0. The second kappa shape index (κ2) is 6.63. The minimum absolute atomic E-state index is 0.106. The van der Waals surface area contributed by atoms with Crippen molar-refractivity contribution in [3.05, 3.63) is 70.2 Å². The van der Waals surface area contributed by atoms with Crippen molar-refractivity contribution in [3.63, 3.8) is 0 Å². The van der Waals surface area contributed by atoms with Gasteiger partial charge in [0.15, 0.2) is 0 Å². The molecule has 0 N–H and O–H groups in total. The molecule has 0 saturated carbocycles. The first-order valence-electron chi connectivity index (χ1n) is 7.45. The number of carbonyl (C=O) groups excluding carboxylic acids is 1. The van der Waals surface area contributed by atoms with Gasteiger partial charge >= 0.3 is 0 Å². The number of hydrogen-bond acceptors (Lipinski definition) is 2. The Hall–Kier alpha value is -1.65. The van der Waals surface area contributed by atoms with Crippen LogP contribution in [0.25, 0.3) is 0 Å². The van der Waals surface area contributed by atoms with Crippen molar-refractivity contribution in [3.8, 4) is 0 Å². The molecule has 1 aliphatic heterocycles. The first kappa shape index (κ1) is 15.3. The number of nitrogens with zero attached hydrogens (tertiary/aromatic N) is 2. The van der Waals surface area contributed by atoms with Gasteiger partial charge in [0.05, 0.1) is 6.04 Å². The monoisotopic (exact) mass is 358 g/mol. The Bertz CT molecular complexity index is 642. The van der Waals surface area contributed by atoms with Crippen LogP contribution in [0.15, 0.2) is 59.1 Å². The Morgan fingerprint density at radius 1 is 1.05 bits per heavy atom. The number of carbonyl (C=O) groups is 1. The van der Waals surface area contributed by atoms with E-state index in [2.05, 4.69) is 40.0 Å². The molecule has 2 aromatic rings. The van der Waals surface area contributed by atoms with Crippen LogP contribution in [0.4, 0.5) is 0 Å². The van der Waals surface area contributed by atoms with Gasteiger partial charge in [0.2, 0.25) is 0 Å². The lowest BCUT2D eigenvalue weighted by molar-refractivity contribution is 0.0498. The van der Waals surface area contributed by atoms with E-state index < -0.39 is 0 Å². The Labute approximate surface area is 139 Å². The van der Waals surface area contributed by atoms with E-state index in [0.717, 1.165) is 29.7 Å². The number of piperazine rings is 1. The molecule has 22 heavy (non-hydrogen) atoms. The normalized spacial score (nSPS) is 19.2. The highest BCUT2D eigenvalue weighted by atomic mass is 79.9. The van der Waals surface area contributed by atoms with E-state index in [4.69, 9.17) is 0 Å². The average Bonchev–Trinajstić information content (AvgIpc) is 2.56. The quantitative estimate of drug-likeness (QED) is 0.818. The van der Waals surface area contributed by atoms with E-state index in [1.165, 1.54) is 5.56 Å². The molecule has 0 radical (unpaired) electrons. The molecule has 0 spiro atoms. The van der Waals surface area contributed by atoms with Gasteiger partial charge < -0.3 is 9.80 Å². The number of benzene rings is 2. The van der Waals surface area contributed by atoms with Crippen LogP contribution in [-0.4, -0.2) is 42.4 Å². The summed E-state index contributed by atoms with van der Waals surface area (Å²) in [6.45, 7) is 2.53. The largest absolute Gasteiger partial charge is 0.329 e. The number of likely N-dealkylation sites (N-methyl/N-ethyl adjacent to an activating group) is 1. The first-order valence-corrected chi connectivity index (χ1v) is 8.24. The van der Waals surface area contributed by atoms with Crippen LogP contribution in [0, 0.1) is 0 Å². The Kier molecular flexibility index (Phi) is 4.60. The molecule has 114 valence electrons. The van der Waals surface area contributed by atoms with Gasteiger partial charge in [-0.05, 0) is 36.9 Å². The molecule has 0 aliphatic carbocycles. The Balaban J connectivity index is 1.89. The second-order valence-electron chi connectivity index (χ2n) is 5.69. The summed E-state index contributed by atoms with van der Waals surface area (Å²) in [5.41, 5.74) is 1.94. The van der Waals surface area contributed by atoms with Crippen LogP contribution in [0.2, 0.25) is 0 Å². The van der Waals surface area contributed by atoms with Crippen molar-refractivity contribution in [2.45, 2.75) is 6.04 Å². The van der Waals surface area contributed by atoms with E-state index in [1.807, 2.05) is 47.4 Å². The lowest BCUT2D eigenvalue weighted by Gasteiger charge is -2.40. The van der Waals surface area contributed by atoms with Crippen molar-refractivity contribution < 1.29 is 4.79 Å². The molecule has 4 heteroatoms. The lowest BCUT2D eigenvalue weighted by Crippen LogP contribution is -2.49. The fourth-order valence-electron chi connectivity index (χ4n) is 2.88. The van der Waals surface area contributed by atoms with Crippen molar-refractivity contribution in [2.75, 3.05) is 26.7 Å². The molecule has 1 heterocycles. The SMILES string of the molecule is CN1CCN(C(=O)c2ccc(Br)cc2)[C@H](c2ccccc2)C1. The molecule has 3 rings (SSSR count). The highest BCUT2D eigenvalue weighted by molar-refractivity contribution is 9.10. The Morgan fingerprint density at radius 2 is 1.73 bits per heavy atom. The van der Waals surface area contributed by atoms with Crippen LogP contribution in [-0.2, 0) is 0 Å². The highest BCUT2D eigenvalue weighted by Crippen LogP contribution is 2.26. The first-order chi connectivity index (χ1) is 10.6. The van der Waals surface area contributed by atoms with Crippen LogP contribution >= 0.6 is 15.9 Å². The van der Waals surface area contributed by atoms with Crippen molar-refractivity contribution >= 4 is 21.8 Å². The summed E-state index contributed by atoms with van der Waals surface area (Å²) in [6, 6.07) is 18.0. The number of amides is 1. The topological polar surface area (TPSA) is 23.6 Å². The molecule has 0 aromatic heterocycles. The predicted octanol–water partition coefficient (Wildman–Crippen LogP) is 3.58. The number of halogens is 1. The summed E-state index contributed by atoms with van der Waals surface area (Å²) >= 11 is 3.42. The molecule has 1 atom stereocenters. The van der Waals surface area contributed by atoms with Crippen LogP contribution < -0.4 is 0 Å².